The molecule has 1 aromatic rings. The second kappa shape index (κ2) is 11.0. The lowest BCUT2D eigenvalue weighted by molar-refractivity contribution is -0.159. The molecule has 150 valence electrons. The van der Waals surface area contributed by atoms with Crippen molar-refractivity contribution in [2.75, 3.05) is 26.8 Å². The molecule has 1 fully saturated rings. The summed E-state index contributed by atoms with van der Waals surface area (Å²) in [6, 6.07) is 5.48. The zero-order valence-corrected chi connectivity index (χ0v) is 15.4. The summed E-state index contributed by atoms with van der Waals surface area (Å²) in [6.07, 6.45) is 1.84. The number of carboxylic acids is 2. The highest BCUT2D eigenvalue weighted by atomic mass is 16.5. The minimum atomic E-state index is -1.82. The third kappa shape index (κ3) is 7.14. The van der Waals surface area contributed by atoms with E-state index in [1.165, 1.54) is 7.11 Å². The van der Waals surface area contributed by atoms with Gasteiger partial charge in [0.2, 0.25) is 0 Å². The molecule has 0 saturated carbocycles. The van der Waals surface area contributed by atoms with Crippen LogP contribution in [0.1, 0.15) is 25.3 Å². The number of benzene rings is 1. The van der Waals surface area contributed by atoms with E-state index in [9.17, 15) is 9.90 Å². The molecule has 3 N–H and O–H groups in total. The van der Waals surface area contributed by atoms with Crippen LogP contribution in [0.15, 0.2) is 18.2 Å². The van der Waals surface area contributed by atoms with Crippen LogP contribution in [0, 0.1) is 5.92 Å². The van der Waals surface area contributed by atoms with E-state index in [0.717, 1.165) is 24.9 Å². The maximum Gasteiger partial charge on any atom is 0.414 e. The standard InChI is InChI=1S/C16H23NO4.C2H2O4/c1-3-21-16(19)13-7-5-9-17(11-13)10-12-6-4-8-14(20-2)15(12)18;3-1(4)2(5)6/h4,6,8,13,18H,3,5,7,9-11H2,1-2H3;(H,3,4)(H,5,6). The predicted molar refractivity (Wildman–Crippen MR) is 94.6 cm³/mol. The summed E-state index contributed by atoms with van der Waals surface area (Å²) in [5.74, 6) is -3.17. The summed E-state index contributed by atoms with van der Waals surface area (Å²) in [4.78, 5) is 32.2. The van der Waals surface area contributed by atoms with Crippen molar-refractivity contribution in [2.24, 2.45) is 5.92 Å². The van der Waals surface area contributed by atoms with Gasteiger partial charge in [-0.1, -0.05) is 12.1 Å². The number of carbonyl (C=O) groups excluding carboxylic acids is 1. The molecule has 9 nitrogen and oxygen atoms in total. The number of phenols is 1. The Morgan fingerprint density at radius 3 is 2.44 bits per heavy atom. The van der Waals surface area contributed by atoms with Gasteiger partial charge in [-0.05, 0) is 32.4 Å². The lowest BCUT2D eigenvalue weighted by Gasteiger charge is -2.31. The van der Waals surface area contributed by atoms with Gasteiger partial charge in [-0.2, -0.15) is 0 Å². The molecule has 1 aromatic carbocycles. The number of phenolic OH excluding ortho intramolecular Hbond substituents is 1. The number of para-hydroxylation sites is 1. The summed E-state index contributed by atoms with van der Waals surface area (Å²) in [5.41, 5.74) is 0.818. The molecule has 1 heterocycles. The minimum absolute atomic E-state index is 0.0635. The van der Waals surface area contributed by atoms with E-state index < -0.39 is 11.9 Å². The van der Waals surface area contributed by atoms with Crippen LogP contribution in [0.2, 0.25) is 0 Å². The molecule has 1 atom stereocenters. The molecular weight excluding hydrogens is 358 g/mol. The van der Waals surface area contributed by atoms with Crippen LogP contribution in [0.5, 0.6) is 11.5 Å². The van der Waals surface area contributed by atoms with Crippen molar-refractivity contribution >= 4 is 17.9 Å². The number of ether oxygens (including phenoxy) is 2. The van der Waals surface area contributed by atoms with Gasteiger partial charge in [-0.15, -0.1) is 0 Å². The number of hydrogen-bond acceptors (Lipinski definition) is 7. The van der Waals surface area contributed by atoms with E-state index in [1.54, 1.807) is 6.07 Å². The number of nitrogens with zero attached hydrogens (tertiary/aromatic N) is 1. The molecule has 0 bridgehead atoms. The summed E-state index contributed by atoms with van der Waals surface area (Å²) in [7, 11) is 1.54. The number of aliphatic carboxylic acids is 2. The fourth-order valence-electron chi connectivity index (χ4n) is 2.75. The lowest BCUT2D eigenvalue weighted by atomic mass is 9.97. The SMILES string of the molecule is CCOC(=O)C1CCCN(Cc2cccc(OC)c2O)C1.O=C(O)C(=O)O. The Kier molecular flexibility index (Phi) is 9.07. The number of piperidine rings is 1. The number of aromatic hydroxyl groups is 1. The zero-order valence-electron chi connectivity index (χ0n) is 15.4. The van der Waals surface area contributed by atoms with E-state index in [4.69, 9.17) is 29.3 Å². The third-order valence-corrected chi connectivity index (χ3v) is 4.00. The van der Waals surface area contributed by atoms with Crippen LogP contribution in [0.25, 0.3) is 0 Å². The van der Waals surface area contributed by atoms with Crippen molar-refractivity contribution in [1.82, 2.24) is 4.90 Å². The Labute approximate surface area is 157 Å². The largest absolute Gasteiger partial charge is 0.504 e. The van der Waals surface area contributed by atoms with Crippen molar-refractivity contribution in [3.05, 3.63) is 23.8 Å². The molecule has 1 unspecified atom stereocenters. The number of hydrogen-bond donors (Lipinski definition) is 3. The molecule has 9 heteroatoms. The van der Waals surface area contributed by atoms with Crippen molar-refractivity contribution in [1.29, 1.82) is 0 Å². The monoisotopic (exact) mass is 383 g/mol. The maximum atomic E-state index is 11.8. The average molecular weight is 383 g/mol. The van der Waals surface area contributed by atoms with Crippen molar-refractivity contribution in [2.45, 2.75) is 26.3 Å². The first kappa shape index (κ1) is 22.2. The van der Waals surface area contributed by atoms with Gasteiger partial charge in [0.25, 0.3) is 0 Å². The Bertz CT molecular complexity index is 649. The second-order valence-corrected chi connectivity index (χ2v) is 5.90. The van der Waals surface area contributed by atoms with Crippen molar-refractivity contribution in [3.63, 3.8) is 0 Å². The number of likely N-dealkylation sites (tertiary alicyclic amines) is 1. The molecule has 0 amide bonds. The lowest BCUT2D eigenvalue weighted by Crippen LogP contribution is -2.38. The van der Waals surface area contributed by atoms with Gasteiger partial charge < -0.3 is 24.8 Å². The molecule has 2 rings (SSSR count). The predicted octanol–water partition coefficient (Wildman–Crippen LogP) is 1.33. The molecule has 0 aromatic heterocycles. The van der Waals surface area contributed by atoms with Crippen molar-refractivity contribution in [3.8, 4) is 11.5 Å². The van der Waals surface area contributed by atoms with Gasteiger partial charge in [0.15, 0.2) is 11.5 Å². The molecule has 0 spiro atoms. The fourth-order valence-corrected chi connectivity index (χ4v) is 2.75. The van der Waals surface area contributed by atoms with Crippen LogP contribution in [-0.4, -0.2) is 64.9 Å². The number of carbonyl (C=O) groups is 3. The number of carboxylic acid groups (broad SMARTS) is 2. The normalized spacial score (nSPS) is 16.6. The zero-order chi connectivity index (χ0) is 20.4. The molecule has 0 aliphatic carbocycles. The van der Waals surface area contributed by atoms with E-state index in [0.29, 0.717) is 25.4 Å². The maximum absolute atomic E-state index is 11.8. The Morgan fingerprint density at radius 1 is 1.22 bits per heavy atom. The highest BCUT2D eigenvalue weighted by Gasteiger charge is 2.27. The minimum Gasteiger partial charge on any atom is -0.504 e. The Hall–Kier alpha value is -2.81. The number of rotatable bonds is 5. The van der Waals surface area contributed by atoms with Gasteiger partial charge >= 0.3 is 17.9 Å². The summed E-state index contributed by atoms with van der Waals surface area (Å²) in [6.45, 7) is 4.46. The van der Waals surface area contributed by atoms with E-state index in [-0.39, 0.29) is 17.6 Å². The molecule has 1 saturated heterocycles. The summed E-state index contributed by atoms with van der Waals surface area (Å²) < 4.78 is 10.2. The third-order valence-electron chi connectivity index (χ3n) is 4.00. The van der Waals surface area contributed by atoms with Crippen LogP contribution in [-0.2, 0) is 25.7 Å². The van der Waals surface area contributed by atoms with Gasteiger partial charge in [0, 0.05) is 18.7 Å². The highest BCUT2D eigenvalue weighted by Crippen LogP contribution is 2.31. The molecule has 1 aliphatic heterocycles. The first-order valence-corrected chi connectivity index (χ1v) is 8.50. The molecule has 27 heavy (non-hydrogen) atoms. The molecule has 0 radical (unpaired) electrons. The first-order chi connectivity index (χ1) is 12.8. The van der Waals surface area contributed by atoms with Gasteiger partial charge in [0.05, 0.1) is 19.6 Å². The number of methoxy groups -OCH3 is 1. The summed E-state index contributed by atoms with van der Waals surface area (Å²) >= 11 is 0. The summed E-state index contributed by atoms with van der Waals surface area (Å²) in [5, 5.41) is 24.9. The van der Waals surface area contributed by atoms with Crippen LogP contribution in [0.3, 0.4) is 0 Å². The quantitative estimate of drug-likeness (QED) is 0.508. The van der Waals surface area contributed by atoms with Gasteiger partial charge in [-0.25, -0.2) is 9.59 Å². The van der Waals surface area contributed by atoms with Crippen LogP contribution in [0.4, 0.5) is 0 Å². The highest BCUT2D eigenvalue weighted by molar-refractivity contribution is 6.27. The fraction of sp³-hybridized carbons (Fsp3) is 0.500. The Balaban J connectivity index is 0.000000527. The molecular formula is C18H25NO8. The van der Waals surface area contributed by atoms with E-state index >= 15 is 0 Å². The average Bonchev–Trinajstić information content (AvgIpc) is 2.64. The second-order valence-electron chi connectivity index (χ2n) is 5.90. The van der Waals surface area contributed by atoms with Crippen LogP contribution >= 0.6 is 0 Å². The van der Waals surface area contributed by atoms with Gasteiger partial charge in [0.1, 0.15) is 0 Å². The topological polar surface area (TPSA) is 134 Å². The van der Waals surface area contributed by atoms with E-state index in [2.05, 4.69) is 4.90 Å². The van der Waals surface area contributed by atoms with E-state index in [1.807, 2.05) is 19.1 Å². The molecule has 1 aliphatic rings. The number of esters is 1. The van der Waals surface area contributed by atoms with Crippen LogP contribution < -0.4 is 4.74 Å². The Morgan fingerprint density at radius 2 is 1.89 bits per heavy atom. The smallest absolute Gasteiger partial charge is 0.414 e. The van der Waals surface area contributed by atoms with Gasteiger partial charge in [-0.3, -0.25) is 9.69 Å². The van der Waals surface area contributed by atoms with Crippen molar-refractivity contribution < 1.29 is 39.2 Å². The first-order valence-electron chi connectivity index (χ1n) is 8.50.